The number of fused-ring (bicyclic) bond motifs is 1. The minimum Gasteiger partial charge on any atom is -0.341 e. The minimum atomic E-state index is 0.159. The van der Waals surface area contributed by atoms with Crippen LogP contribution in [0.1, 0.15) is 37.7 Å². The number of aromatic amines is 1. The quantitative estimate of drug-likeness (QED) is 0.449. The van der Waals surface area contributed by atoms with Gasteiger partial charge in [-0.05, 0) is 48.7 Å². The first kappa shape index (κ1) is 18.7. The predicted molar refractivity (Wildman–Crippen MR) is 114 cm³/mol. The van der Waals surface area contributed by atoms with Crippen LogP contribution in [0.15, 0.2) is 60.9 Å². The molecule has 2 N–H and O–H groups in total. The number of benzene rings is 2. The Balaban J connectivity index is 1.49. The van der Waals surface area contributed by atoms with E-state index in [9.17, 15) is 0 Å². The normalized spacial score (nSPS) is 12.7. The number of aromatic nitrogens is 4. The van der Waals surface area contributed by atoms with Gasteiger partial charge in [0.2, 0.25) is 0 Å². The van der Waals surface area contributed by atoms with Gasteiger partial charge in [0.05, 0.1) is 29.0 Å². The van der Waals surface area contributed by atoms with E-state index in [1.807, 2.05) is 59.5 Å². The van der Waals surface area contributed by atoms with Crippen LogP contribution in [0.2, 0.25) is 5.02 Å². The molecule has 0 radical (unpaired) electrons. The van der Waals surface area contributed by atoms with E-state index in [0.717, 1.165) is 46.1 Å². The van der Waals surface area contributed by atoms with E-state index in [1.54, 1.807) is 0 Å². The molecular weight excluding hydrogens is 370 g/mol. The van der Waals surface area contributed by atoms with Gasteiger partial charge in [0.25, 0.3) is 0 Å². The molecule has 0 aliphatic heterocycles. The van der Waals surface area contributed by atoms with Gasteiger partial charge in [0.1, 0.15) is 5.82 Å². The Morgan fingerprint density at radius 2 is 1.89 bits per heavy atom. The van der Waals surface area contributed by atoms with E-state index < -0.39 is 0 Å². The number of rotatable bonds is 7. The third-order valence-electron chi connectivity index (χ3n) is 4.72. The van der Waals surface area contributed by atoms with Crippen molar-refractivity contribution in [2.24, 2.45) is 5.92 Å². The maximum absolute atomic E-state index is 5.97. The lowest BCUT2D eigenvalue weighted by atomic mass is 10.0. The molecule has 0 amide bonds. The molecule has 2 aromatic carbocycles. The first-order valence-electron chi connectivity index (χ1n) is 9.56. The van der Waals surface area contributed by atoms with Gasteiger partial charge in [0, 0.05) is 23.3 Å². The Labute approximate surface area is 169 Å². The van der Waals surface area contributed by atoms with E-state index in [2.05, 4.69) is 35.3 Å². The van der Waals surface area contributed by atoms with Crippen molar-refractivity contribution < 1.29 is 0 Å². The van der Waals surface area contributed by atoms with Crippen molar-refractivity contribution in [2.75, 3.05) is 0 Å². The maximum Gasteiger partial charge on any atom is 0.124 e. The highest BCUT2D eigenvalue weighted by atomic mass is 35.5. The summed E-state index contributed by atoms with van der Waals surface area (Å²) in [5, 5.41) is 8.85. The molecule has 5 nitrogen and oxygen atoms in total. The fourth-order valence-corrected chi connectivity index (χ4v) is 3.45. The number of halogens is 1. The summed E-state index contributed by atoms with van der Waals surface area (Å²) in [5.74, 6) is 1.54. The van der Waals surface area contributed by atoms with Crippen LogP contribution in [0.4, 0.5) is 0 Å². The molecule has 0 fully saturated rings. The fourth-order valence-electron chi connectivity index (χ4n) is 3.33. The first-order chi connectivity index (χ1) is 13.6. The number of para-hydroxylation sites is 2. The zero-order valence-electron chi connectivity index (χ0n) is 16.1. The van der Waals surface area contributed by atoms with Crippen LogP contribution in [0.5, 0.6) is 0 Å². The smallest absolute Gasteiger partial charge is 0.124 e. The Bertz CT molecular complexity index is 1020. The fraction of sp³-hybridized carbons (Fsp3) is 0.273. The average Bonchev–Trinajstić information content (AvgIpc) is 3.32. The second kappa shape index (κ2) is 8.17. The van der Waals surface area contributed by atoms with Gasteiger partial charge in [-0.25, -0.2) is 9.67 Å². The molecule has 0 bridgehead atoms. The molecule has 0 aliphatic rings. The minimum absolute atomic E-state index is 0.159. The van der Waals surface area contributed by atoms with Gasteiger partial charge >= 0.3 is 0 Å². The highest BCUT2D eigenvalue weighted by Crippen LogP contribution is 2.22. The SMILES string of the molecule is CC(C)C[C@@H](NCc1cnn(-c2ccc(Cl)cc2)c1)c1nc2ccccc2[nH]1. The summed E-state index contributed by atoms with van der Waals surface area (Å²) in [6.07, 6.45) is 4.94. The second-order valence-corrected chi connectivity index (χ2v) is 7.91. The lowest BCUT2D eigenvalue weighted by molar-refractivity contribution is 0.415. The van der Waals surface area contributed by atoms with Crippen LogP contribution in [0, 0.1) is 5.92 Å². The summed E-state index contributed by atoms with van der Waals surface area (Å²) in [7, 11) is 0. The second-order valence-electron chi connectivity index (χ2n) is 7.47. The summed E-state index contributed by atoms with van der Waals surface area (Å²) in [5.41, 5.74) is 4.19. The average molecular weight is 394 g/mol. The highest BCUT2D eigenvalue weighted by Gasteiger charge is 2.17. The Morgan fingerprint density at radius 3 is 2.64 bits per heavy atom. The van der Waals surface area contributed by atoms with Gasteiger partial charge in [-0.15, -0.1) is 0 Å². The Morgan fingerprint density at radius 1 is 1.11 bits per heavy atom. The number of imidazole rings is 1. The molecule has 4 rings (SSSR count). The number of hydrogen-bond donors (Lipinski definition) is 2. The summed E-state index contributed by atoms with van der Waals surface area (Å²) < 4.78 is 1.87. The first-order valence-corrected chi connectivity index (χ1v) is 9.94. The van der Waals surface area contributed by atoms with Crippen molar-refractivity contribution in [3.63, 3.8) is 0 Å². The predicted octanol–water partition coefficient (Wildman–Crippen LogP) is 5.28. The van der Waals surface area contributed by atoms with Crippen molar-refractivity contribution in [1.29, 1.82) is 0 Å². The topological polar surface area (TPSA) is 58.5 Å². The number of nitrogens with zero attached hydrogens (tertiary/aromatic N) is 3. The van der Waals surface area contributed by atoms with Crippen molar-refractivity contribution in [3.8, 4) is 5.69 Å². The van der Waals surface area contributed by atoms with Crippen molar-refractivity contribution in [2.45, 2.75) is 32.9 Å². The number of H-pyrrole nitrogens is 1. The molecule has 4 aromatic rings. The molecule has 2 aromatic heterocycles. The lowest BCUT2D eigenvalue weighted by Crippen LogP contribution is -2.23. The molecule has 144 valence electrons. The molecule has 6 heteroatoms. The monoisotopic (exact) mass is 393 g/mol. The highest BCUT2D eigenvalue weighted by molar-refractivity contribution is 6.30. The van der Waals surface area contributed by atoms with E-state index in [-0.39, 0.29) is 6.04 Å². The molecule has 0 saturated heterocycles. The van der Waals surface area contributed by atoms with Crippen LogP contribution in [-0.2, 0) is 6.54 Å². The van der Waals surface area contributed by atoms with Crippen molar-refractivity contribution in [3.05, 3.63) is 77.3 Å². The van der Waals surface area contributed by atoms with E-state index >= 15 is 0 Å². The van der Waals surface area contributed by atoms with Gasteiger partial charge in [-0.3, -0.25) is 0 Å². The molecule has 0 unspecified atom stereocenters. The molecule has 0 saturated carbocycles. The zero-order valence-corrected chi connectivity index (χ0v) is 16.8. The van der Waals surface area contributed by atoms with Crippen molar-refractivity contribution >= 4 is 22.6 Å². The zero-order chi connectivity index (χ0) is 19.5. The third kappa shape index (κ3) is 4.26. The summed E-state index contributed by atoms with van der Waals surface area (Å²) in [4.78, 5) is 8.25. The lowest BCUT2D eigenvalue weighted by Gasteiger charge is -2.18. The summed E-state index contributed by atoms with van der Waals surface area (Å²) in [6, 6.07) is 16.0. The van der Waals surface area contributed by atoms with Crippen LogP contribution in [0.25, 0.3) is 16.7 Å². The largest absolute Gasteiger partial charge is 0.341 e. The molecule has 2 heterocycles. The molecule has 0 aliphatic carbocycles. The number of hydrogen-bond acceptors (Lipinski definition) is 3. The summed E-state index contributed by atoms with van der Waals surface area (Å²) in [6.45, 7) is 5.19. The van der Waals surface area contributed by atoms with E-state index in [1.165, 1.54) is 0 Å². The Hall–Kier alpha value is -2.63. The maximum atomic E-state index is 5.97. The van der Waals surface area contributed by atoms with Gasteiger partial charge in [-0.1, -0.05) is 37.6 Å². The summed E-state index contributed by atoms with van der Waals surface area (Å²) >= 11 is 5.97. The molecule has 28 heavy (non-hydrogen) atoms. The number of nitrogens with one attached hydrogen (secondary N) is 2. The van der Waals surface area contributed by atoms with E-state index in [4.69, 9.17) is 16.6 Å². The van der Waals surface area contributed by atoms with Crippen LogP contribution in [0.3, 0.4) is 0 Å². The molecule has 0 spiro atoms. The van der Waals surface area contributed by atoms with Crippen LogP contribution < -0.4 is 5.32 Å². The molecule has 1 atom stereocenters. The van der Waals surface area contributed by atoms with Gasteiger partial charge in [0.15, 0.2) is 0 Å². The third-order valence-corrected chi connectivity index (χ3v) is 4.98. The van der Waals surface area contributed by atoms with Crippen LogP contribution in [-0.4, -0.2) is 19.7 Å². The standard InChI is InChI=1S/C22H24ClN5/c1-15(2)11-21(22-26-19-5-3-4-6-20(19)27-22)24-12-16-13-25-28(14-16)18-9-7-17(23)8-10-18/h3-10,13-15,21,24H,11-12H2,1-2H3,(H,26,27)/t21-/m1/s1. The van der Waals surface area contributed by atoms with Crippen molar-refractivity contribution in [1.82, 2.24) is 25.1 Å². The Kier molecular flexibility index (Phi) is 5.46. The molecular formula is C22H24ClN5. The van der Waals surface area contributed by atoms with E-state index in [0.29, 0.717) is 5.92 Å². The van der Waals surface area contributed by atoms with Crippen LogP contribution >= 0.6 is 11.6 Å². The van der Waals surface area contributed by atoms with Gasteiger partial charge in [-0.2, -0.15) is 5.10 Å². The van der Waals surface area contributed by atoms with Gasteiger partial charge < -0.3 is 10.3 Å².